The number of sulfonamides is 1. The molecule has 11 heteroatoms. The molecule has 0 heterocycles. The quantitative estimate of drug-likeness (QED) is 0.523. The van der Waals surface area contributed by atoms with Gasteiger partial charge in [-0.05, 0) is 36.2 Å². The van der Waals surface area contributed by atoms with Crippen LogP contribution in [0.4, 0.5) is 5.69 Å². The third kappa shape index (κ3) is 6.75. The van der Waals surface area contributed by atoms with E-state index in [0.29, 0.717) is 17.0 Å². The van der Waals surface area contributed by atoms with Crippen LogP contribution in [0.3, 0.4) is 0 Å². The minimum atomic E-state index is -3.91. The molecule has 33 heavy (non-hydrogen) atoms. The van der Waals surface area contributed by atoms with Gasteiger partial charge in [-0.15, -0.1) is 0 Å². The van der Waals surface area contributed by atoms with Crippen LogP contribution in [-0.4, -0.2) is 58.1 Å². The fraction of sp³-hybridized carbons (Fsp3) is 0.364. The number of rotatable bonds is 10. The molecular formula is C22H27Cl2N3O5S. The minimum absolute atomic E-state index is 0.0225. The first-order chi connectivity index (χ1) is 15.5. The smallest absolute Gasteiger partial charge is 0.244 e. The molecule has 0 aliphatic heterocycles. The number of amides is 2. The Morgan fingerprint density at radius 1 is 1.15 bits per heavy atom. The number of anilines is 1. The third-order valence-corrected chi connectivity index (χ3v) is 6.75. The SMILES string of the molecule is CC[C@@H](C(=O)NC)N(Cc1ccccc1Cl)C(=O)CN(c1cc(Cl)ccc1OC)S(C)(=O)=O. The van der Waals surface area contributed by atoms with Gasteiger partial charge in [0.2, 0.25) is 21.8 Å². The Hall–Kier alpha value is -2.49. The lowest BCUT2D eigenvalue weighted by Gasteiger charge is -2.33. The number of nitrogens with zero attached hydrogens (tertiary/aromatic N) is 2. The molecule has 0 saturated heterocycles. The molecular weight excluding hydrogens is 489 g/mol. The summed E-state index contributed by atoms with van der Waals surface area (Å²) in [6, 6.07) is 10.6. The van der Waals surface area contributed by atoms with Gasteiger partial charge in [-0.25, -0.2) is 8.42 Å². The standard InChI is InChI=1S/C22H27Cl2N3O5S/c1-5-18(22(29)25-2)26(13-15-8-6-7-9-17(15)24)21(28)14-27(33(4,30)31)19-12-16(23)10-11-20(19)32-3/h6-12,18H,5,13-14H2,1-4H3,(H,25,29)/t18-/m0/s1. The maximum absolute atomic E-state index is 13.5. The van der Waals surface area contributed by atoms with Gasteiger partial charge in [-0.2, -0.15) is 0 Å². The Kier molecular flexibility index (Phi) is 9.39. The normalized spacial score (nSPS) is 12.1. The van der Waals surface area contributed by atoms with Crippen molar-refractivity contribution in [1.82, 2.24) is 10.2 Å². The van der Waals surface area contributed by atoms with E-state index in [-0.39, 0.29) is 28.9 Å². The molecule has 2 aromatic rings. The maximum Gasteiger partial charge on any atom is 0.244 e. The molecule has 2 aromatic carbocycles. The summed E-state index contributed by atoms with van der Waals surface area (Å²) in [5, 5.41) is 3.26. The van der Waals surface area contributed by atoms with Crippen molar-refractivity contribution in [3.8, 4) is 5.75 Å². The first-order valence-corrected chi connectivity index (χ1v) is 12.7. The van der Waals surface area contributed by atoms with E-state index in [1.807, 2.05) is 0 Å². The van der Waals surface area contributed by atoms with Crippen LogP contribution in [0.2, 0.25) is 10.0 Å². The first kappa shape index (κ1) is 26.8. The number of hydrogen-bond donors (Lipinski definition) is 1. The summed E-state index contributed by atoms with van der Waals surface area (Å²) in [6.45, 7) is 1.23. The van der Waals surface area contributed by atoms with Gasteiger partial charge in [-0.3, -0.25) is 13.9 Å². The molecule has 0 bridgehead atoms. The molecule has 180 valence electrons. The summed E-state index contributed by atoms with van der Waals surface area (Å²) in [4.78, 5) is 27.4. The maximum atomic E-state index is 13.5. The zero-order valence-corrected chi connectivity index (χ0v) is 21.2. The van der Waals surface area contributed by atoms with Crippen LogP contribution in [0, 0.1) is 0 Å². The summed E-state index contributed by atoms with van der Waals surface area (Å²) in [5.74, 6) is -0.726. The van der Waals surface area contributed by atoms with Crippen molar-refractivity contribution in [2.24, 2.45) is 0 Å². The molecule has 1 atom stereocenters. The lowest BCUT2D eigenvalue weighted by atomic mass is 10.1. The van der Waals surface area contributed by atoms with E-state index in [4.69, 9.17) is 27.9 Å². The van der Waals surface area contributed by atoms with Crippen LogP contribution in [0.5, 0.6) is 5.75 Å². The predicted octanol–water partition coefficient (Wildman–Crippen LogP) is 3.32. The number of halogens is 2. The van der Waals surface area contributed by atoms with Gasteiger partial charge in [0.15, 0.2) is 0 Å². The zero-order chi connectivity index (χ0) is 24.8. The highest BCUT2D eigenvalue weighted by Crippen LogP contribution is 2.33. The van der Waals surface area contributed by atoms with Crippen LogP contribution < -0.4 is 14.4 Å². The molecule has 0 spiro atoms. The van der Waals surface area contributed by atoms with Crippen LogP contribution >= 0.6 is 23.2 Å². The van der Waals surface area contributed by atoms with E-state index in [0.717, 1.165) is 10.6 Å². The summed E-state index contributed by atoms with van der Waals surface area (Å²) in [5.41, 5.74) is 0.743. The van der Waals surface area contributed by atoms with Gasteiger partial charge in [0.1, 0.15) is 18.3 Å². The Morgan fingerprint density at radius 3 is 2.36 bits per heavy atom. The topological polar surface area (TPSA) is 96.0 Å². The van der Waals surface area contributed by atoms with E-state index in [9.17, 15) is 18.0 Å². The molecule has 2 rings (SSSR count). The number of hydrogen-bond acceptors (Lipinski definition) is 5. The van der Waals surface area contributed by atoms with Crippen LogP contribution in [0.15, 0.2) is 42.5 Å². The largest absolute Gasteiger partial charge is 0.495 e. The molecule has 0 unspecified atom stereocenters. The van der Waals surface area contributed by atoms with E-state index >= 15 is 0 Å². The van der Waals surface area contributed by atoms with Gasteiger partial charge in [0, 0.05) is 23.6 Å². The van der Waals surface area contributed by atoms with E-state index < -0.39 is 28.5 Å². The van der Waals surface area contributed by atoms with Crippen molar-refractivity contribution in [2.45, 2.75) is 25.9 Å². The van der Waals surface area contributed by atoms with Gasteiger partial charge in [0.25, 0.3) is 0 Å². The van der Waals surface area contributed by atoms with Gasteiger partial charge in [0.05, 0.1) is 19.1 Å². The minimum Gasteiger partial charge on any atom is -0.495 e. The van der Waals surface area contributed by atoms with Crippen molar-refractivity contribution in [3.05, 3.63) is 58.1 Å². The second-order valence-electron chi connectivity index (χ2n) is 7.24. The fourth-order valence-electron chi connectivity index (χ4n) is 3.35. The second kappa shape index (κ2) is 11.6. The third-order valence-electron chi connectivity index (χ3n) is 5.02. The number of benzene rings is 2. The van der Waals surface area contributed by atoms with E-state index in [2.05, 4.69) is 5.32 Å². The second-order valence-corrected chi connectivity index (χ2v) is 9.99. The van der Waals surface area contributed by atoms with Gasteiger partial charge >= 0.3 is 0 Å². The Labute approximate surface area is 204 Å². The first-order valence-electron chi connectivity index (χ1n) is 10.1. The molecule has 1 N–H and O–H groups in total. The highest BCUT2D eigenvalue weighted by atomic mass is 35.5. The molecule has 0 aromatic heterocycles. The highest BCUT2D eigenvalue weighted by Gasteiger charge is 2.32. The van der Waals surface area contributed by atoms with E-state index in [1.165, 1.54) is 31.2 Å². The van der Waals surface area contributed by atoms with Crippen LogP contribution in [0.1, 0.15) is 18.9 Å². The Balaban J connectivity index is 2.52. The van der Waals surface area contributed by atoms with Crippen molar-refractivity contribution in [3.63, 3.8) is 0 Å². The van der Waals surface area contributed by atoms with Crippen molar-refractivity contribution < 1.29 is 22.7 Å². The highest BCUT2D eigenvalue weighted by molar-refractivity contribution is 7.92. The molecule has 0 aliphatic carbocycles. The van der Waals surface area contributed by atoms with Crippen LogP contribution in [0.25, 0.3) is 0 Å². The number of nitrogens with one attached hydrogen (secondary N) is 1. The average Bonchev–Trinajstić information content (AvgIpc) is 2.77. The number of carbonyl (C=O) groups is 2. The molecule has 0 radical (unpaired) electrons. The lowest BCUT2D eigenvalue weighted by Crippen LogP contribution is -2.51. The fourth-order valence-corrected chi connectivity index (χ4v) is 4.56. The summed E-state index contributed by atoms with van der Waals surface area (Å²) >= 11 is 12.4. The molecule has 0 saturated carbocycles. The zero-order valence-electron chi connectivity index (χ0n) is 18.8. The summed E-state index contributed by atoms with van der Waals surface area (Å²) < 4.78 is 31.5. The van der Waals surface area contributed by atoms with E-state index in [1.54, 1.807) is 37.3 Å². The lowest BCUT2D eigenvalue weighted by molar-refractivity contribution is -0.140. The van der Waals surface area contributed by atoms with Crippen LogP contribution in [-0.2, 0) is 26.2 Å². The molecule has 0 fully saturated rings. The van der Waals surface area contributed by atoms with Crippen molar-refractivity contribution >= 4 is 50.7 Å². The number of ether oxygens (including phenoxy) is 1. The molecule has 2 amide bonds. The van der Waals surface area contributed by atoms with Crippen molar-refractivity contribution in [1.29, 1.82) is 0 Å². The number of likely N-dealkylation sites (N-methyl/N-ethyl adjacent to an activating group) is 1. The summed E-state index contributed by atoms with van der Waals surface area (Å²) in [7, 11) is -1.05. The van der Waals surface area contributed by atoms with Gasteiger partial charge < -0.3 is 15.0 Å². The molecule has 8 nitrogen and oxygen atoms in total. The Bertz CT molecular complexity index is 1110. The van der Waals surface area contributed by atoms with Crippen molar-refractivity contribution in [2.75, 3.05) is 31.3 Å². The number of methoxy groups -OCH3 is 1. The molecule has 0 aliphatic rings. The average molecular weight is 516 g/mol. The predicted molar refractivity (Wildman–Crippen MR) is 130 cm³/mol. The summed E-state index contributed by atoms with van der Waals surface area (Å²) in [6.07, 6.45) is 1.30. The van der Waals surface area contributed by atoms with Gasteiger partial charge in [-0.1, -0.05) is 48.3 Å². The number of carbonyl (C=O) groups excluding carboxylic acids is 2. The Morgan fingerprint density at radius 2 is 1.82 bits per heavy atom. The monoisotopic (exact) mass is 515 g/mol.